The molecule has 0 aliphatic carbocycles. The van der Waals surface area contributed by atoms with Crippen LogP contribution in [0.5, 0.6) is 0 Å². The van der Waals surface area contributed by atoms with Crippen LogP contribution in [0.2, 0.25) is 0 Å². The summed E-state index contributed by atoms with van der Waals surface area (Å²) in [7, 11) is 0. The first kappa shape index (κ1) is 16.0. The second-order valence-corrected chi connectivity index (χ2v) is 4.76. The standard InChI is InChI=1S/C15H22N2O3/c1-3-6-13(14(18)19)17-15(20)16-10-9-12-8-5-4-7-11(12)2/h4-5,7-8,13H,3,6,9-10H2,1-2H3,(H,18,19)(H2,16,17,20)/t13-/m0/s1. The molecule has 0 aliphatic rings. The molecule has 0 unspecified atom stereocenters. The smallest absolute Gasteiger partial charge is 0.326 e. The molecule has 5 nitrogen and oxygen atoms in total. The minimum absolute atomic E-state index is 0.431. The van der Waals surface area contributed by atoms with Gasteiger partial charge in [-0.05, 0) is 30.9 Å². The van der Waals surface area contributed by atoms with Crippen LogP contribution in [0.4, 0.5) is 4.79 Å². The number of amides is 2. The van der Waals surface area contributed by atoms with Gasteiger partial charge in [-0.3, -0.25) is 0 Å². The zero-order valence-electron chi connectivity index (χ0n) is 12.0. The van der Waals surface area contributed by atoms with Crippen molar-refractivity contribution in [3.8, 4) is 0 Å². The number of hydrogen-bond donors (Lipinski definition) is 3. The summed E-state index contributed by atoms with van der Waals surface area (Å²) >= 11 is 0. The van der Waals surface area contributed by atoms with E-state index in [4.69, 9.17) is 5.11 Å². The van der Waals surface area contributed by atoms with Crippen LogP contribution in [0, 0.1) is 6.92 Å². The zero-order valence-corrected chi connectivity index (χ0v) is 12.0. The molecule has 0 aliphatic heterocycles. The molecule has 3 N–H and O–H groups in total. The lowest BCUT2D eigenvalue weighted by Gasteiger charge is -2.14. The Balaban J connectivity index is 2.36. The molecule has 1 aromatic carbocycles. The van der Waals surface area contributed by atoms with Gasteiger partial charge in [0, 0.05) is 6.54 Å². The number of nitrogens with one attached hydrogen (secondary N) is 2. The first-order valence-corrected chi connectivity index (χ1v) is 6.86. The van der Waals surface area contributed by atoms with Crippen LogP contribution in [0.25, 0.3) is 0 Å². The van der Waals surface area contributed by atoms with E-state index in [2.05, 4.69) is 10.6 Å². The largest absolute Gasteiger partial charge is 0.480 e. The van der Waals surface area contributed by atoms with E-state index in [1.54, 1.807) is 0 Å². The van der Waals surface area contributed by atoms with Crippen molar-refractivity contribution >= 4 is 12.0 Å². The lowest BCUT2D eigenvalue weighted by Crippen LogP contribution is -2.46. The van der Waals surface area contributed by atoms with Gasteiger partial charge in [-0.25, -0.2) is 9.59 Å². The highest BCUT2D eigenvalue weighted by molar-refractivity contribution is 5.82. The highest BCUT2D eigenvalue weighted by Crippen LogP contribution is 2.06. The lowest BCUT2D eigenvalue weighted by atomic mass is 10.1. The third kappa shape index (κ3) is 5.30. The molecule has 5 heteroatoms. The first-order chi connectivity index (χ1) is 9.54. The van der Waals surface area contributed by atoms with Gasteiger partial charge in [0.2, 0.25) is 0 Å². The summed E-state index contributed by atoms with van der Waals surface area (Å²) in [5, 5.41) is 14.1. The molecule has 1 rings (SSSR count). The van der Waals surface area contributed by atoms with Gasteiger partial charge in [-0.15, -0.1) is 0 Å². The summed E-state index contributed by atoms with van der Waals surface area (Å²) in [5.74, 6) is -0.999. The molecule has 20 heavy (non-hydrogen) atoms. The van der Waals surface area contributed by atoms with E-state index in [-0.39, 0.29) is 0 Å². The predicted molar refractivity (Wildman–Crippen MR) is 77.7 cm³/mol. The lowest BCUT2D eigenvalue weighted by molar-refractivity contribution is -0.139. The fraction of sp³-hybridized carbons (Fsp3) is 0.467. The Morgan fingerprint density at radius 3 is 2.60 bits per heavy atom. The Labute approximate surface area is 119 Å². The van der Waals surface area contributed by atoms with E-state index in [0.717, 1.165) is 6.42 Å². The Hall–Kier alpha value is -2.04. The SMILES string of the molecule is CCC[C@H](NC(=O)NCCc1ccccc1C)C(=O)O. The van der Waals surface area contributed by atoms with E-state index in [9.17, 15) is 9.59 Å². The van der Waals surface area contributed by atoms with Crippen molar-refractivity contribution in [2.45, 2.75) is 39.2 Å². The van der Waals surface area contributed by atoms with Gasteiger partial charge in [0.15, 0.2) is 0 Å². The van der Waals surface area contributed by atoms with Crippen LogP contribution in [-0.2, 0) is 11.2 Å². The fourth-order valence-electron chi connectivity index (χ4n) is 1.96. The zero-order chi connectivity index (χ0) is 15.0. The van der Waals surface area contributed by atoms with Gasteiger partial charge in [0.25, 0.3) is 0 Å². The topological polar surface area (TPSA) is 78.4 Å². The molecule has 0 aromatic heterocycles. The average Bonchev–Trinajstić information content (AvgIpc) is 2.40. The fourth-order valence-corrected chi connectivity index (χ4v) is 1.96. The van der Waals surface area contributed by atoms with Gasteiger partial charge in [0.1, 0.15) is 6.04 Å². The maximum atomic E-state index is 11.6. The molecule has 0 radical (unpaired) electrons. The molecule has 0 saturated heterocycles. The number of carboxylic acids is 1. The number of carboxylic acid groups (broad SMARTS) is 1. The summed E-state index contributed by atoms with van der Waals surface area (Å²) in [4.78, 5) is 22.5. The number of carbonyl (C=O) groups excluding carboxylic acids is 1. The molecule has 0 heterocycles. The van der Waals surface area contributed by atoms with E-state index >= 15 is 0 Å². The van der Waals surface area contributed by atoms with Crippen molar-refractivity contribution in [1.29, 1.82) is 0 Å². The molecular formula is C15H22N2O3. The molecule has 0 fully saturated rings. The van der Waals surface area contributed by atoms with Crippen molar-refractivity contribution in [3.63, 3.8) is 0 Å². The maximum absolute atomic E-state index is 11.6. The van der Waals surface area contributed by atoms with Crippen LogP contribution in [0.15, 0.2) is 24.3 Å². The van der Waals surface area contributed by atoms with E-state index in [0.29, 0.717) is 19.4 Å². The van der Waals surface area contributed by atoms with Gasteiger partial charge in [-0.2, -0.15) is 0 Å². The summed E-state index contributed by atoms with van der Waals surface area (Å²) in [6.07, 6.45) is 1.87. The second kappa shape index (κ2) is 8.19. The average molecular weight is 278 g/mol. The van der Waals surface area contributed by atoms with Crippen molar-refractivity contribution in [2.75, 3.05) is 6.54 Å². The monoisotopic (exact) mass is 278 g/mol. The van der Waals surface area contributed by atoms with Crippen LogP contribution < -0.4 is 10.6 Å². The summed E-state index contributed by atoms with van der Waals surface area (Å²) < 4.78 is 0. The highest BCUT2D eigenvalue weighted by Gasteiger charge is 2.18. The van der Waals surface area contributed by atoms with Gasteiger partial charge in [-0.1, -0.05) is 37.6 Å². The first-order valence-electron chi connectivity index (χ1n) is 6.86. The maximum Gasteiger partial charge on any atom is 0.326 e. The summed E-state index contributed by atoms with van der Waals surface area (Å²) in [6, 6.07) is 6.73. The van der Waals surface area contributed by atoms with Gasteiger partial charge >= 0.3 is 12.0 Å². The van der Waals surface area contributed by atoms with Crippen molar-refractivity contribution < 1.29 is 14.7 Å². The predicted octanol–water partition coefficient (Wildman–Crippen LogP) is 2.09. The quantitative estimate of drug-likeness (QED) is 0.714. The minimum atomic E-state index is -0.999. The molecule has 0 spiro atoms. The van der Waals surface area contributed by atoms with E-state index in [1.165, 1.54) is 11.1 Å². The molecule has 1 atom stereocenters. The summed E-state index contributed by atoms with van der Waals surface area (Å²) in [6.45, 7) is 4.39. The normalized spacial score (nSPS) is 11.7. The number of aryl methyl sites for hydroxylation is 1. The Bertz CT molecular complexity index is 460. The van der Waals surface area contributed by atoms with Crippen LogP contribution in [0.1, 0.15) is 30.9 Å². The Morgan fingerprint density at radius 2 is 2.00 bits per heavy atom. The van der Waals surface area contributed by atoms with Gasteiger partial charge < -0.3 is 15.7 Å². The number of benzene rings is 1. The van der Waals surface area contributed by atoms with Crippen LogP contribution in [-0.4, -0.2) is 29.7 Å². The van der Waals surface area contributed by atoms with Crippen LogP contribution in [0.3, 0.4) is 0 Å². The van der Waals surface area contributed by atoms with Crippen LogP contribution >= 0.6 is 0 Å². The van der Waals surface area contributed by atoms with Gasteiger partial charge in [0.05, 0.1) is 0 Å². The van der Waals surface area contributed by atoms with Crippen molar-refractivity contribution in [1.82, 2.24) is 10.6 Å². The third-order valence-electron chi connectivity index (χ3n) is 3.12. The number of aliphatic carboxylic acids is 1. The van der Waals surface area contributed by atoms with Crippen molar-refractivity contribution in [2.24, 2.45) is 0 Å². The van der Waals surface area contributed by atoms with Crippen molar-refractivity contribution in [3.05, 3.63) is 35.4 Å². The number of hydrogen-bond acceptors (Lipinski definition) is 2. The minimum Gasteiger partial charge on any atom is -0.480 e. The molecule has 110 valence electrons. The number of rotatable bonds is 7. The Morgan fingerprint density at radius 1 is 1.30 bits per heavy atom. The Kier molecular flexibility index (Phi) is 6.56. The molecule has 1 aromatic rings. The number of carbonyl (C=O) groups is 2. The summed E-state index contributed by atoms with van der Waals surface area (Å²) in [5.41, 5.74) is 2.36. The van der Waals surface area contributed by atoms with E-state index < -0.39 is 18.0 Å². The molecule has 0 saturated carbocycles. The highest BCUT2D eigenvalue weighted by atomic mass is 16.4. The molecule has 2 amide bonds. The van der Waals surface area contributed by atoms with E-state index in [1.807, 2.05) is 38.1 Å². The molecular weight excluding hydrogens is 256 g/mol. The molecule has 0 bridgehead atoms. The third-order valence-corrected chi connectivity index (χ3v) is 3.12. The number of urea groups is 1. The second-order valence-electron chi connectivity index (χ2n) is 4.76.